The summed E-state index contributed by atoms with van der Waals surface area (Å²) in [7, 11) is 0. The Balaban J connectivity index is 2.77. The lowest BCUT2D eigenvalue weighted by molar-refractivity contribution is 0.362. The molecule has 0 heterocycles. The average Bonchev–Trinajstić information content (AvgIpc) is 2.28. The molecule has 1 nitrogen and oxygen atoms in total. The van der Waals surface area contributed by atoms with E-state index in [-0.39, 0.29) is 0 Å². The minimum atomic E-state index is 0.520. The van der Waals surface area contributed by atoms with Gasteiger partial charge in [0.1, 0.15) is 12.4 Å². The van der Waals surface area contributed by atoms with Crippen LogP contribution in [0.25, 0.3) is 0 Å². The summed E-state index contributed by atoms with van der Waals surface area (Å²) < 4.78 is 5.50. The number of benzene rings is 1. The largest absolute Gasteiger partial charge is 0.488 e. The van der Waals surface area contributed by atoms with Gasteiger partial charge in [-0.25, -0.2) is 0 Å². The van der Waals surface area contributed by atoms with E-state index in [1.807, 2.05) is 24.3 Å². The Kier molecular flexibility index (Phi) is 5.11. The van der Waals surface area contributed by atoms with Crippen molar-refractivity contribution in [2.45, 2.75) is 19.8 Å². The molecule has 0 aliphatic carbocycles. The second kappa shape index (κ2) is 6.73. The highest BCUT2D eigenvalue weighted by Gasteiger charge is 1.97. The number of hydrogen-bond acceptors (Lipinski definition) is 1. The van der Waals surface area contributed by atoms with E-state index >= 15 is 0 Å². The summed E-state index contributed by atoms with van der Waals surface area (Å²) >= 11 is 0. The van der Waals surface area contributed by atoms with Crippen LogP contribution in [-0.2, 0) is 0 Å². The van der Waals surface area contributed by atoms with Gasteiger partial charge in [-0.15, -0.1) is 0 Å². The summed E-state index contributed by atoms with van der Waals surface area (Å²) in [5.74, 6) is 7.06. The summed E-state index contributed by atoms with van der Waals surface area (Å²) in [5, 5.41) is 0. The molecule has 78 valence electrons. The minimum absolute atomic E-state index is 0.520. The fourth-order valence-corrected chi connectivity index (χ4v) is 1.13. The van der Waals surface area contributed by atoms with Gasteiger partial charge in [0, 0.05) is 6.42 Å². The standard InChI is InChI=1S/C14H16O/c1-3-5-6-9-13-10-7-8-11-14(13)15-12-4-2/h4,7-8,10-11H,2-3,5,12H2,1H3. The molecule has 0 aliphatic heterocycles. The quantitative estimate of drug-likeness (QED) is 0.534. The first-order valence-corrected chi connectivity index (χ1v) is 5.20. The van der Waals surface area contributed by atoms with E-state index in [2.05, 4.69) is 25.3 Å². The van der Waals surface area contributed by atoms with Gasteiger partial charge in [-0.2, -0.15) is 0 Å². The third-order valence-corrected chi connectivity index (χ3v) is 1.84. The van der Waals surface area contributed by atoms with Gasteiger partial charge >= 0.3 is 0 Å². The molecule has 0 aliphatic rings. The lowest BCUT2D eigenvalue weighted by atomic mass is 10.2. The van der Waals surface area contributed by atoms with Crippen LogP contribution in [0.4, 0.5) is 0 Å². The summed E-state index contributed by atoms with van der Waals surface area (Å²) in [6.45, 7) is 6.26. The highest BCUT2D eigenvalue weighted by molar-refractivity contribution is 5.45. The molecule has 0 N–H and O–H groups in total. The van der Waals surface area contributed by atoms with Crippen LogP contribution in [0.15, 0.2) is 36.9 Å². The van der Waals surface area contributed by atoms with Crippen LogP contribution in [0.2, 0.25) is 0 Å². The third kappa shape index (κ3) is 3.91. The normalized spacial score (nSPS) is 8.87. The Morgan fingerprint density at radius 2 is 2.20 bits per heavy atom. The second-order valence-electron chi connectivity index (χ2n) is 3.15. The summed E-state index contributed by atoms with van der Waals surface area (Å²) in [4.78, 5) is 0. The minimum Gasteiger partial charge on any atom is -0.488 e. The van der Waals surface area contributed by atoms with Gasteiger partial charge in [-0.05, 0) is 18.6 Å². The van der Waals surface area contributed by atoms with Crippen LogP contribution in [0.3, 0.4) is 0 Å². The molecular weight excluding hydrogens is 184 g/mol. The number of para-hydroxylation sites is 1. The van der Waals surface area contributed by atoms with Gasteiger partial charge in [0.2, 0.25) is 0 Å². The van der Waals surface area contributed by atoms with E-state index < -0.39 is 0 Å². The molecule has 0 bridgehead atoms. The van der Waals surface area contributed by atoms with E-state index in [4.69, 9.17) is 4.74 Å². The van der Waals surface area contributed by atoms with Crippen molar-refractivity contribution in [1.82, 2.24) is 0 Å². The maximum absolute atomic E-state index is 5.50. The van der Waals surface area contributed by atoms with E-state index in [1.165, 1.54) is 0 Å². The van der Waals surface area contributed by atoms with Crippen molar-refractivity contribution >= 4 is 0 Å². The number of hydrogen-bond donors (Lipinski definition) is 0. The number of rotatable bonds is 4. The van der Waals surface area contributed by atoms with Crippen molar-refractivity contribution in [3.63, 3.8) is 0 Å². The van der Waals surface area contributed by atoms with Crippen molar-refractivity contribution in [1.29, 1.82) is 0 Å². The maximum Gasteiger partial charge on any atom is 0.135 e. The molecule has 0 radical (unpaired) electrons. The van der Waals surface area contributed by atoms with Crippen LogP contribution in [-0.4, -0.2) is 6.61 Å². The molecule has 0 saturated heterocycles. The Morgan fingerprint density at radius 1 is 1.40 bits per heavy atom. The van der Waals surface area contributed by atoms with Crippen LogP contribution in [0, 0.1) is 11.8 Å². The van der Waals surface area contributed by atoms with Gasteiger partial charge in [0.25, 0.3) is 0 Å². The Bertz CT molecular complexity index is 368. The van der Waals surface area contributed by atoms with Crippen LogP contribution in [0.5, 0.6) is 5.75 Å². The highest BCUT2D eigenvalue weighted by atomic mass is 16.5. The zero-order chi connectivity index (χ0) is 10.9. The fourth-order valence-electron chi connectivity index (χ4n) is 1.13. The molecule has 0 spiro atoms. The molecular formula is C14H16O. The van der Waals surface area contributed by atoms with Gasteiger partial charge in [0.15, 0.2) is 0 Å². The van der Waals surface area contributed by atoms with E-state index in [0.717, 1.165) is 24.2 Å². The van der Waals surface area contributed by atoms with Crippen molar-refractivity contribution in [2.75, 3.05) is 6.61 Å². The van der Waals surface area contributed by atoms with E-state index in [0.29, 0.717) is 6.61 Å². The van der Waals surface area contributed by atoms with Crippen molar-refractivity contribution in [3.05, 3.63) is 42.5 Å². The molecule has 1 heteroatoms. The summed E-state index contributed by atoms with van der Waals surface area (Å²) in [5.41, 5.74) is 0.952. The lowest BCUT2D eigenvalue weighted by Crippen LogP contribution is -1.94. The van der Waals surface area contributed by atoms with Gasteiger partial charge in [0.05, 0.1) is 5.56 Å². The molecule has 1 aromatic carbocycles. The molecule has 0 unspecified atom stereocenters. The molecule has 0 atom stereocenters. The predicted molar refractivity (Wildman–Crippen MR) is 63.9 cm³/mol. The second-order valence-corrected chi connectivity index (χ2v) is 3.15. The van der Waals surface area contributed by atoms with Gasteiger partial charge in [-0.3, -0.25) is 0 Å². The number of unbranched alkanes of at least 4 members (excludes halogenated alkanes) is 1. The average molecular weight is 200 g/mol. The molecule has 0 saturated carbocycles. The molecule has 1 aromatic rings. The zero-order valence-corrected chi connectivity index (χ0v) is 9.12. The smallest absolute Gasteiger partial charge is 0.135 e. The van der Waals surface area contributed by atoms with Crippen molar-refractivity contribution < 1.29 is 4.74 Å². The van der Waals surface area contributed by atoms with E-state index in [1.54, 1.807) is 6.08 Å². The van der Waals surface area contributed by atoms with Gasteiger partial charge in [-0.1, -0.05) is 43.6 Å². The van der Waals surface area contributed by atoms with Gasteiger partial charge < -0.3 is 4.74 Å². The molecule has 0 fully saturated rings. The highest BCUT2D eigenvalue weighted by Crippen LogP contribution is 2.16. The topological polar surface area (TPSA) is 9.23 Å². The van der Waals surface area contributed by atoms with Crippen LogP contribution >= 0.6 is 0 Å². The Hall–Kier alpha value is -1.68. The van der Waals surface area contributed by atoms with Crippen LogP contribution in [0.1, 0.15) is 25.3 Å². The summed E-state index contributed by atoms with van der Waals surface area (Å²) in [6, 6.07) is 7.82. The third-order valence-electron chi connectivity index (χ3n) is 1.84. The Labute approximate surface area is 91.8 Å². The lowest BCUT2D eigenvalue weighted by Gasteiger charge is -2.04. The fraction of sp³-hybridized carbons (Fsp3) is 0.286. The SMILES string of the molecule is C=CCOc1ccccc1C#CCCC. The zero-order valence-electron chi connectivity index (χ0n) is 9.12. The first kappa shape index (κ1) is 11.4. The molecule has 0 aromatic heterocycles. The first-order chi connectivity index (χ1) is 7.38. The molecule has 15 heavy (non-hydrogen) atoms. The monoisotopic (exact) mass is 200 g/mol. The van der Waals surface area contributed by atoms with Crippen molar-refractivity contribution in [3.8, 4) is 17.6 Å². The molecule has 0 amide bonds. The maximum atomic E-state index is 5.50. The summed E-state index contributed by atoms with van der Waals surface area (Å²) in [6.07, 6.45) is 3.74. The van der Waals surface area contributed by atoms with E-state index in [9.17, 15) is 0 Å². The predicted octanol–water partition coefficient (Wildman–Crippen LogP) is 3.40. The van der Waals surface area contributed by atoms with Crippen LogP contribution < -0.4 is 4.74 Å². The molecule has 1 rings (SSSR count). The Morgan fingerprint density at radius 3 is 2.93 bits per heavy atom. The first-order valence-electron chi connectivity index (χ1n) is 5.20. The number of ether oxygens (including phenoxy) is 1. The van der Waals surface area contributed by atoms with Crippen molar-refractivity contribution in [2.24, 2.45) is 0 Å².